The maximum absolute atomic E-state index is 12.5. The molecule has 1 saturated heterocycles. The van der Waals surface area contributed by atoms with Crippen molar-refractivity contribution in [2.75, 3.05) is 26.2 Å². The number of benzene rings is 1. The molecule has 1 fully saturated rings. The van der Waals surface area contributed by atoms with E-state index in [2.05, 4.69) is 4.98 Å². The van der Waals surface area contributed by atoms with Gasteiger partial charge in [0.05, 0.1) is 11.4 Å². The molecule has 0 unspecified atom stereocenters. The van der Waals surface area contributed by atoms with E-state index in [1.807, 2.05) is 18.2 Å². The number of nitrogens with one attached hydrogen (secondary N) is 1. The van der Waals surface area contributed by atoms with Gasteiger partial charge >= 0.3 is 0 Å². The third-order valence-corrected chi connectivity index (χ3v) is 4.60. The van der Waals surface area contributed by atoms with Crippen LogP contribution in [0.5, 0.6) is 0 Å². The first-order valence-electron chi connectivity index (χ1n) is 9.47. The molecule has 30 heavy (non-hydrogen) atoms. The van der Waals surface area contributed by atoms with Gasteiger partial charge in [0.1, 0.15) is 0 Å². The lowest BCUT2D eigenvalue weighted by atomic mass is 10.2. The maximum Gasteiger partial charge on any atom is 0.267 e. The second kappa shape index (κ2) is 10.1. The van der Waals surface area contributed by atoms with Crippen molar-refractivity contribution < 1.29 is 19.6 Å². The third kappa shape index (κ3) is 5.62. The summed E-state index contributed by atoms with van der Waals surface area (Å²) in [5.74, 6) is -0.829. The van der Waals surface area contributed by atoms with Gasteiger partial charge in [-0.15, -0.1) is 0 Å². The number of hydrogen-bond acceptors (Lipinski definition) is 5. The Kier molecular flexibility index (Phi) is 7.07. The molecule has 2 N–H and O–H groups in total. The molecule has 1 aromatic heterocycles. The van der Waals surface area contributed by atoms with Crippen molar-refractivity contribution in [3.63, 3.8) is 0 Å². The number of hydrogen-bond donors (Lipinski definition) is 2. The van der Waals surface area contributed by atoms with Gasteiger partial charge in [0, 0.05) is 43.9 Å². The number of carbonyl (C=O) groups excluding carboxylic acids is 3. The Morgan fingerprint density at radius 2 is 1.43 bits per heavy atom. The highest BCUT2D eigenvalue weighted by Gasteiger charge is 2.23. The van der Waals surface area contributed by atoms with Gasteiger partial charge in [-0.3, -0.25) is 19.6 Å². The fourth-order valence-electron chi connectivity index (χ4n) is 3.01. The molecular weight excluding hydrogens is 384 g/mol. The van der Waals surface area contributed by atoms with E-state index in [0.717, 1.165) is 6.08 Å². The van der Waals surface area contributed by atoms with E-state index in [-0.39, 0.29) is 11.8 Å². The van der Waals surface area contributed by atoms with Gasteiger partial charge in [-0.05, 0) is 36.4 Å². The summed E-state index contributed by atoms with van der Waals surface area (Å²) < 4.78 is 0. The second-order valence-corrected chi connectivity index (χ2v) is 6.61. The summed E-state index contributed by atoms with van der Waals surface area (Å²) in [6.45, 7) is 1.90. The normalized spacial score (nSPS) is 14.3. The average Bonchev–Trinajstić information content (AvgIpc) is 2.81. The van der Waals surface area contributed by atoms with Gasteiger partial charge in [0.15, 0.2) is 0 Å². The number of rotatable bonds is 5. The zero-order valence-electron chi connectivity index (χ0n) is 16.3. The molecule has 0 atom stereocenters. The SMILES string of the molecule is O=C(C=Cc1cccc(C=CC(=O)N2CCN(C(=O)c3ccccc3)CC2)n1)NO. The van der Waals surface area contributed by atoms with Crippen LogP contribution < -0.4 is 5.48 Å². The van der Waals surface area contributed by atoms with Crippen LogP contribution in [-0.4, -0.2) is 63.9 Å². The predicted molar refractivity (Wildman–Crippen MR) is 111 cm³/mol. The highest BCUT2D eigenvalue weighted by Crippen LogP contribution is 2.10. The van der Waals surface area contributed by atoms with E-state index in [1.54, 1.807) is 46.2 Å². The van der Waals surface area contributed by atoms with Crippen molar-refractivity contribution >= 4 is 29.9 Å². The van der Waals surface area contributed by atoms with Gasteiger partial charge < -0.3 is 9.80 Å². The molecule has 1 aliphatic heterocycles. The van der Waals surface area contributed by atoms with E-state index in [9.17, 15) is 14.4 Å². The molecule has 3 amide bonds. The quantitative estimate of drug-likeness (QED) is 0.446. The summed E-state index contributed by atoms with van der Waals surface area (Å²) in [5.41, 5.74) is 3.23. The first-order valence-corrected chi connectivity index (χ1v) is 9.47. The van der Waals surface area contributed by atoms with Gasteiger partial charge in [-0.1, -0.05) is 24.3 Å². The topological polar surface area (TPSA) is 103 Å². The number of hydroxylamine groups is 1. The maximum atomic E-state index is 12.5. The first kappa shape index (κ1) is 20.9. The molecule has 8 heteroatoms. The monoisotopic (exact) mass is 406 g/mol. The molecule has 0 bridgehead atoms. The minimum absolute atomic E-state index is 0.0257. The second-order valence-electron chi connectivity index (χ2n) is 6.61. The lowest BCUT2D eigenvalue weighted by molar-refractivity contribution is -0.127. The van der Waals surface area contributed by atoms with Crippen LogP contribution in [0.4, 0.5) is 0 Å². The van der Waals surface area contributed by atoms with Crippen LogP contribution in [0, 0.1) is 0 Å². The van der Waals surface area contributed by atoms with Crippen LogP contribution in [0.25, 0.3) is 12.2 Å². The minimum atomic E-state index is -0.655. The molecule has 0 spiro atoms. The Morgan fingerprint density at radius 1 is 0.833 bits per heavy atom. The van der Waals surface area contributed by atoms with E-state index >= 15 is 0 Å². The average molecular weight is 406 g/mol. The Bertz CT molecular complexity index is 964. The largest absolute Gasteiger partial charge is 0.336 e. The molecule has 0 radical (unpaired) electrons. The van der Waals surface area contributed by atoms with Gasteiger partial charge in [0.2, 0.25) is 5.91 Å². The molecule has 8 nitrogen and oxygen atoms in total. The highest BCUT2D eigenvalue weighted by atomic mass is 16.5. The Labute approximate surface area is 174 Å². The third-order valence-electron chi connectivity index (χ3n) is 4.60. The zero-order chi connectivity index (χ0) is 21.3. The first-order chi connectivity index (χ1) is 14.6. The molecule has 2 aromatic rings. The lowest BCUT2D eigenvalue weighted by Gasteiger charge is -2.34. The van der Waals surface area contributed by atoms with Crippen LogP contribution in [0.2, 0.25) is 0 Å². The molecule has 154 valence electrons. The Balaban J connectivity index is 1.54. The van der Waals surface area contributed by atoms with Crippen molar-refractivity contribution in [3.05, 3.63) is 77.6 Å². The molecule has 0 aliphatic carbocycles. The van der Waals surface area contributed by atoms with Crippen molar-refractivity contribution in [3.8, 4) is 0 Å². The van der Waals surface area contributed by atoms with Crippen molar-refractivity contribution in [1.29, 1.82) is 0 Å². The summed E-state index contributed by atoms with van der Waals surface area (Å²) in [6.07, 6.45) is 5.66. The van der Waals surface area contributed by atoms with Crippen LogP contribution in [-0.2, 0) is 9.59 Å². The minimum Gasteiger partial charge on any atom is -0.336 e. The smallest absolute Gasteiger partial charge is 0.267 e. The lowest BCUT2D eigenvalue weighted by Crippen LogP contribution is -2.50. The van der Waals surface area contributed by atoms with Gasteiger partial charge in [-0.2, -0.15) is 0 Å². The van der Waals surface area contributed by atoms with Gasteiger partial charge in [0.25, 0.3) is 11.8 Å². The van der Waals surface area contributed by atoms with Crippen LogP contribution in [0.1, 0.15) is 21.7 Å². The summed E-state index contributed by atoms with van der Waals surface area (Å²) in [5, 5.41) is 8.50. The predicted octanol–water partition coefficient (Wildman–Crippen LogP) is 1.60. The Hall–Kier alpha value is -3.78. The molecule has 1 aliphatic rings. The number of piperazine rings is 1. The van der Waals surface area contributed by atoms with Crippen LogP contribution in [0.15, 0.2) is 60.7 Å². The van der Waals surface area contributed by atoms with Crippen molar-refractivity contribution in [1.82, 2.24) is 20.3 Å². The summed E-state index contributed by atoms with van der Waals surface area (Å²) in [4.78, 5) is 43.8. The summed E-state index contributed by atoms with van der Waals surface area (Å²) in [6, 6.07) is 14.3. The molecule has 3 rings (SSSR count). The number of carbonyl (C=O) groups is 3. The van der Waals surface area contributed by atoms with Crippen LogP contribution >= 0.6 is 0 Å². The van der Waals surface area contributed by atoms with E-state index in [1.165, 1.54) is 17.6 Å². The van der Waals surface area contributed by atoms with E-state index < -0.39 is 5.91 Å². The van der Waals surface area contributed by atoms with E-state index in [4.69, 9.17) is 5.21 Å². The molecule has 2 heterocycles. The van der Waals surface area contributed by atoms with Crippen LogP contribution in [0.3, 0.4) is 0 Å². The number of amides is 3. The number of pyridine rings is 1. The zero-order valence-corrected chi connectivity index (χ0v) is 16.3. The molecule has 0 saturated carbocycles. The fourth-order valence-corrected chi connectivity index (χ4v) is 3.01. The fraction of sp³-hybridized carbons (Fsp3) is 0.182. The summed E-state index contributed by atoms with van der Waals surface area (Å²) >= 11 is 0. The van der Waals surface area contributed by atoms with Crippen molar-refractivity contribution in [2.24, 2.45) is 0 Å². The van der Waals surface area contributed by atoms with Gasteiger partial charge in [-0.25, -0.2) is 10.5 Å². The molecule has 1 aromatic carbocycles. The highest BCUT2D eigenvalue weighted by molar-refractivity contribution is 5.95. The number of nitrogens with zero attached hydrogens (tertiary/aromatic N) is 3. The number of aromatic nitrogens is 1. The standard InChI is InChI=1S/C22H22N4O4/c27-20(24-30)11-9-18-7-4-8-19(23-18)10-12-21(28)25-13-15-26(16-14-25)22(29)17-5-2-1-3-6-17/h1-12,30H,13-16H2,(H,24,27). The van der Waals surface area contributed by atoms with E-state index in [0.29, 0.717) is 43.1 Å². The molecular formula is C22H22N4O4. The Morgan fingerprint density at radius 3 is 2.07 bits per heavy atom. The van der Waals surface area contributed by atoms with Crippen molar-refractivity contribution in [2.45, 2.75) is 0 Å². The summed E-state index contributed by atoms with van der Waals surface area (Å²) in [7, 11) is 0.